The number of amides is 1. The molecule has 8 heteroatoms. The van der Waals surface area contributed by atoms with Crippen molar-refractivity contribution >= 4 is 28.1 Å². The second-order valence-electron chi connectivity index (χ2n) is 7.08. The fraction of sp³-hybridized carbons (Fsp3) is 0.421. The highest BCUT2D eigenvalue weighted by Crippen LogP contribution is 2.26. The average molecular weight is 382 g/mol. The Morgan fingerprint density at radius 2 is 2.04 bits per heavy atom. The summed E-state index contributed by atoms with van der Waals surface area (Å²) in [5.41, 5.74) is 2.51. The van der Waals surface area contributed by atoms with Crippen molar-refractivity contribution in [3.63, 3.8) is 0 Å². The third-order valence-electron chi connectivity index (χ3n) is 5.05. The maximum Gasteiger partial charge on any atom is 0.228 e. The number of likely N-dealkylation sites (N-methyl/N-ethyl adjacent to an activating group) is 1. The van der Waals surface area contributed by atoms with Crippen LogP contribution in [0.15, 0.2) is 24.3 Å². The Labute approximate surface area is 162 Å². The molecule has 0 radical (unpaired) electrons. The standard InChI is InChI=1S/C19H22N6OS/c1-12-11-25(7-6-24(12)3)18(26)10-16-9-15-8-14(4-5-17(15)22-21-16)19-23-20-13(2)27-19/h4-5,8-9,12H,6-7,10-11H2,1-3H3/t12-/m1/s1. The number of hydrogen-bond acceptors (Lipinski definition) is 7. The summed E-state index contributed by atoms with van der Waals surface area (Å²) in [6, 6.07) is 8.28. The van der Waals surface area contributed by atoms with Gasteiger partial charge in [-0.15, -0.1) is 10.2 Å². The number of hydrogen-bond donors (Lipinski definition) is 0. The third kappa shape index (κ3) is 3.81. The highest BCUT2D eigenvalue weighted by Gasteiger charge is 2.24. The molecule has 1 aromatic carbocycles. The molecular weight excluding hydrogens is 360 g/mol. The Hall–Kier alpha value is -2.45. The lowest BCUT2D eigenvalue weighted by molar-refractivity contribution is -0.133. The van der Waals surface area contributed by atoms with Crippen molar-refractivity contribution in [2.24, 2.45) is 0 Å². The lowest BCUT2D eigenvalue weighted by Crippen LogP contribution is -2.52. The van der Waals surface area contributed by atoms with Crippen molar-refractivity contribution in [1.29, 1.82) is 0 Å². The fourth-order valence-electron chi connectivity index (χ4n) is 3.26. The predicted molar refractivity (Wildman–Crippen MR) is 106 cm³/mol. The first-order valence-corrected chi connectivity index (χ1v) is 9.86. The highest BCUT2D eigenvalue weighted by atomic mass is 32.1. The zero-order valence-corrected chi connectivity index (χ0v) is 16.5. The van der Waals surface area contributed by atoms with Gasteiger partial charge in [0.15, 0.2) is 0 Å². The molecule has 1 aliphatic rings. The summed E-state index contributed by atoms with van der Waals surface area (Å²) >= 11 is 1.56. The molecule has 140 valence electrons. The summed E-state index contributed by atoms with van der Waals surface area (Å²) in [4.78, 5) is 16.9. The normalized spacial score (nSPS) is 18.2. The van der Waals surface area contributed by atoms with Crippen LogP contribution in [0.4, 0.5) is 0 Å². The Balaban J connectivity index is 1.54. The van der Waals surface area contributed by atoms with E-state index in [1.807, 2.05) is 36.1 Å². The zero-order valence-electron chi connectivity index (χ0n) is 15.7. The summed E-state index contributed by atoms with van der Waals surface area (Å²) in [6.07, 6.45) is 0.279. The molecule has 1 aliphatic heterocycles. The van der Waals surface area contributed by atoms with Crippen molar-refractivity contribution < 1.29 is 4.79 Å². The molecule has 1 atom stereocenters. The minimum atomic E-state index is 0.111. The van der Waals surface area contributed by atoms with E-state index in [2.05, 4.69) is 39.3 Å². The van der Waals surface area contributed by atoms with Gasteiger partial charge in [0.2, 0.25) is 5.91 Å². The van der Waals surface area contributed by atoms with Crippen LogP contribution in [0.5, 0.6) is 0 Å². The van der Waals surface area contributed by atoms with Gasteiger partial charge in [-0.25, -0.2) is 0 Å². The Kier molecular flexibility index (Phi) is 4.84. The third-order valence-corrected chi connectivity index (χ3v) is 5.94. The van der Waals surface area contributed by atoms with Gasteiger partial charge in [-0.05, 0) is 45.2 Å². The van der Waals surface area contributed by atoms with Gasteiger partial charge in [-0.1, -0.05) is 11.3 Å². The van der Waals surface area contributed by atoms with Crippen molar-refractivity contribution in [3.8, 4) is 10.6 Å². The molecule has 0 N–H and O–H groups in total. The highest BCUT2D eigenvalue weighted by molar-refractivity contribution is 7.14. The first-order chi connectivity index (χ1) is 13.0. The van der Waals surface area contributed by atoms with Gasteiger partial charge in [0, 0.05) is 36.6 Å². The van der Waals surface area contributed by atoms with Crippen molar-refractivity contribution in [1.82, 2.24) is 30.2 Å². The molecule has 0 unspecified atom stereocenters. The van der Waals surface area contributed by atoms with Crippen LogP contribution in [0, 0.1) is 6.92 Å². The number of aryl methyl sites for hydroxylation is 1. The lowest BCUT2D eigenvalue weighted by atomic mass is 10.1. The van der Waals surface area contributed by atoms with Crippen molar-refractivity contribution in [2.75, 3.05) is 26.7 Å². The molecule has 0 bridgehead atoms. The number of carbonyl (C=O) groups is 1. The SMILES string of the molecule is Cc1nnc(-c2ccc3nnc(CC(=O)N4CCN(C)[C@H](C)C4)cc3c2)s1. The molecule has 0 spiro atoms. The van der Waals surface area contributed by atoms with E-state index in [1.165, 1.54) is 0 Å². The predicted octanol–water partition coefficient (Wildman–Crippen LogP) is 2.16. The molecule has 27 heavy (non-hydrogen) atoms. The van der Waals surface area contributed by atoms with E-state index in [4.69, 9.17) is 0 Å². The Morgan fingerprint density at radius 3 is 2.78 bits per heavy atom. The van der Waals surface area contributed by atoms with E-state index in [0.717, 1.165) is 46.1 Å². The van der Waals surface area contributed by atoms with Crippen LogP contribution < -0.4 is 0 Å². The molecule has 3 aromatic rings. The summed E-state index contributed by atoms with van der Waals surface area (Å²) < 4.78 is 0. The lowest BCUT2D eigenvalue weighted by Gasteiger charge is -2.37. The van der Waals surface area contributed by atoms with E-state index < -0.39 is 0 Å². The smallest absolute Gasteiger partial charge is 0.228 e. The van der Waals surface area contributed by atoms with Crippen molar-refractivity contribution in [3.05, 3.63) is 35.0 Å². The minimum Gasteiger partial charge on any atom is -0.340 e. The summed E-state index contributed by atoms with van der Waals surface area (Å²) in [5.74, 6) is 0.111. The fourth-order valence-corrected chi connectivity index (χ4v) is 3.95. The molecule has 4 rings (SSSR count). The summed E-state index contributed by atoms with van der Waals surface area (Å²) in [6.45, 7) is 6.52. The van der Waals surface area contributed by atoms with Crippen LogP contribution in [0.1, 0.15) is 17.6 Å². The van der Waals surface area contributed by atoms with Crippen LogP contribution in [0.3, 0.4) is 0 Å². The number of carbonyl (C=O) groups excluding carboxylic acids is 1. The Bertz CT molecular complexity index is 987. The Morgan fingerprint density at radius 1 is 1.19 bits per heavy atom. The topological polar surface area (TPSA) is 75.1 Å². The van der Waals surface area contributed by atoms with Crippen LogP contribution >= 0.6 is 11.3 Å². The second kappa shape index (κ2) is 7.28. The van der Waals surface area contributed by atoms with Crippen molar-refractivity contribution in [2.45, 2.75) is 26.3 Å². The average Bonchev–Trinajstić information content (AvgIpc) is 3.09. The first-order valence-electron chi connectivity index (χ1n) is 9.04. The number of piperazine rings is 1. The number of benzene rings is 1. The number of rotatable bonds is 3. The zero-order chi connectivity index (χ0) is 19.0. The first kappa shape index (κ1) is 17.9. The summed E-state index contributed by atoms with van der Waals surface area (Å²) in [5, 5.41) is 19.6. The van der Waals surface area contributed by atoms with E-state index in [0.29, 0.717) is 11.7 Å². The van der Waals surface area contributed by atoms with Crippen LogP contribution in [0.25, 0.3) is 21.5 Å². The van der Waals surface area contributed by atoms with E-state index >= 15 is 0 Å². The van der Waals surface area contributed by atoms with Gasteiger partial charge < -0.3 is 9.80 Å². The quantitative estimate of drug-likeness (QED) is 0.691. The monoisotopic (exact) mass is 382 g/mol. The largest absolute Gasteiger partial charge is 0.340 e. The molecule has 7 nitrogen and oxygen atoms in total. The van der Waals surface area contributed by atoms with Gasteiger partial charge in [-0.3, -0.25) is 4.79 Å². The van der Waals surface area contributed by atoms with Gasteiger partial charge in [0.05, 0.1) is 17.6 Å². The van der Waals surface area contributed by atoms with Gasteiger partial charge in [0.1, 0.15) is 10.0 Å². The maximum absolute atomic E-state index is 12.7. The van der Waals surface area contributed by atoms with Crippen LogP contribution in [0.2, 0.25) is 0 Å². The molecule has 1 saturated heterocycles. The van der Waals surface area contributed by atoms with Crippen LogP contribution in [-0.4, -0.2) is 68.8 Å². The molecule has 0 aliphatic carbocycles. The van der Waals surface area contributed by atoms with Gasteiger partial charge >= 0.3 is 0 Å². The van der Waals surface area contributed by atoms with Gasteiger partial charge in [-0.2, -0.15) is 10.2 Å². The van der Waals surface area contributed by atoms with E-state index in [9.17, 15) is 4.79 Å². The van der Waals surface area contributed by atoms with Gasteiger partial charge in [0.25, 0.3) is 0 Å². The number of nitrogens with zero attached hydrogens (tertiary/aromatic N) is 6. The molecule has 3 heterocycles. The second-order valence-corrected chi connectivity index (χ2v) is 8.26. The van der Waals surface area contributed by atoms with E-state index in [-0.39, 0.29) is 12.3 Å². The number of aromatic nitrogens is 4. The summed E-state index contributed by atoms with van der Waals surface area (Å²) in [7, 11) is 2.10. The molecular formula is C19H22N6OS. The van der Waals surface area contributed by atoms with Crippen LogP contribution in [-0.2, 0) is 11.2 Å². The molecule has 1 fully saturated rings. The molecule has 0 saturated carbocycles. The van der Waals surface area contributed by atoms with E-state index in [1.54, 1.807) is 11.3 Å². The minimum absolute atomic E-state index is 0.111. The molecule has 1 amide bonds. The number of fused-ring (bicyclic) bond motifs is 1. The molecule has 2 aromatic heterocycles. The maximum atomic E-state index is 12.7.